The number of carbonyl (C=O) groups excluding carboxylic acids is 2. The highest BCUT2D eigenvalue weighted by Gasteiger charge is 2.44. The van der Waals surface area contributed by atoms with Crippen molar-refractivity contribution in [3.8, 4) is 0 Å². The molecule has 2 fully saturated rings. The van der Waals surface area contributed by atoms with E-state index in [1.54, 1.807) is 16.8 Å². The second-order valence-electron chi connectivity index (χ2n) is 5.32. The fourth-order valence-corrected chi connectivity index (χ4v) is 2.63. The molecule has 0 aromatic rings. The minimum absolute atomic E-state index is 0.0478. The average molecular weight is 256 g/mol. The highest BCUT2D eigenvalue weighted by atomic mass is 32.1. The zero-order chi connectivity index (χ0) is 12.5. The number of hydrogen-bond donors (Lipinski definition) is 1. The lowest BCUT2D eigenvalue weighted by Crippen LogP contribution is -2.39. The molecule has 96 valence electrons. The normalized spacial score (nSPS) is 23.5. The number of likely N-dealkylation sites (N-methyl/N-ethyl adjacent to an activating group) is 1. The molecule has 4 nitrogen and oxygen atoms in total. The van der Waals surface area contributed by atoms with Gasteiger partial charge in [-0.15, -0.1) is 0 Å². The Hall–Kier alpha value is -0.710. The molecule has 2 rings (SSSR count). The highest BCUT2D eigenvalue weighted by Crippen LogP contribution is 2.49. The highest BCUT2D eigenvalue weighted by molar-refractivity contribution is 7.80. The number of nitrogens with zero attached hydrogens (tertiary/aromatic N) is 2. The molecule has 0 atom stereocenters. The summed E-state index contributed by atoms with van der Waals surface area (Å²) in [5.74, 6) is 0.951. The van der Waals surface area contributed by atoms with Crippen molar-refractivity contribution < 1.29 is 9.59 Å². The quantitative estimate of drug-likeness (QED) is 0.758. The van der Waals surface area contributed by atoms with E-state index in [0.717, 1.165) is 31.6 Å². The van der Waals surface area contributed by atoms with Crippen LogP contribution in [0.5, 0.6) is 0 Å². The van der Waals surface area contributed by atoms with E-state index in [-0.39, 0.29) is 23.8 Å². The van der Waals surface area contributed by atoms with Crippen LogP contribution in [0.15, 0.2) is 0 Å². The van der Waals surface area contributed by atoms with E-state index in [2.05, 4.69) is 12.6 Å². The molecule has 1 heterocycles. The standard InChI is InChI=1S/C12H20N2O2S/c1-13-5-2-6-14(8-11(13)16)10(15)7-12(9-17)3-4-12/h17H,2-9H2,1H3. The SMILES string of the molecule is CN1CCCN(C(=O)CC2(CS)CC2)CC1=O. The smallest absolute Gasteiger partial charge is 0.241 e. The maximum Gasteiger partial charge on any atom is 0.241 e. The van der Waals surface area contributed by atoms with Crippen molar-refractivity contribution in [2.75, 3.05) is 32.4 Å². The van der Waals surface area contributed by atoms with Gasteiger partial charge in [-0.05, 0) is 30.4 Å². The van der Waals surface area contributed by atoms with Gasteiger partial charge >= 0.3 is 0 Å². The van der Waals surface area contributed by atoms with Crippen LogP contribution in [0.1, 0.15) is 25.7 Å². The number of thiol groups is 1. The Balaban J connectivity index is 1.92. The first-order chi connectivity index (χ1) is 8.06. The minimum Gasteiger partial charge on any atom is -0.344 e. The van der Waals surface area contributed by atoms with Gasteiger partial charge in [0.05, 0.1) is 6.54 Å². The molecule has 0 aromatic heterocycles. The summed E-state index contributed by atoms with van der Waals surface area (Å²) in [5, 5.41) is 0. The van der Waals surface area contributed by atoms with E-state index in [4.69, 9.17) is 0 Å². The molecule has 0 bridgehead atoms. The van der Waals surface area contributed by atoms with Gasteiger partial charge in [0.2, 0.25) is 11.8 Å². The van der Waals surface area contributed by atoms with E-state index in [9.17, 15) is 9.59 Å². The fourth-order valence-electron chi connectivity index (χ4n) is 2.20. The maximum absolute atomic E-state index is 12.1. The van der Waals surface area contributed by atoms with Gasteiger partial charge in [-0.3, -0.25) is 9.59 Å². The third-order valence-corrected chi connectivity index (χ3v) is 4.52. The molecule has 1 aliphatic carbocycles. The van der Waals surface area contributed by atoms with Gasteiger partial charge in [0.15, 0.2) is 0 Å². The lowest BCUT2D eigenvalue weighted by Gasteiger charge is -2.22. The van der Waals surface area contributed by atoms with Gasteiger partial charge in [-0.1, -0.05) is 0 Å². The summed E-state index contributed by atoms with van der Waals surface area (Å²) in [6.07, 6.45) is 3.64. The van der Waals surface area contributed by atoms with Crippen molar-refractivity contribution in [1.29, 1.82) is 0 Å². The summed E-state index contributed by atoms with van der Waals surface area (Å²) in [7, 11) is 1.80. The van der Waals surface area contributed by atoms with Crippen molar-refractivity contribution >= 4 is 24.4 Å². The fraction of sp³-hybridized carbons (Fsp3) is 0.833. The number of hydrogen-bond acceptors (Lipinski definition) is 3. The third-order valence-electron chi connectivity index (χ3n) is 3.84. The van der Waals surface area contributed by atoms with Gasteiger partial charge in [0, 0.05) is 26.6 Å². The van der Waals surface area contributed by atoms with Gasteiger partial charge in [-0.2, -0.15) is 12.6 Å². The molecule has 0 radical (unpaired) electrons. The zero-order valence-corrected chi connectivity index (χ0v) is 11.2. The van der Waals surface area contributed by atoms with Crippen LogP contribution in [-0.4, -0.2) is 54.0 Å². The second kappa shape index (κ2) is 4.88. The van der Waals surface area contributed by atoms with Gasteiger partial charge in [0.1, 0.15) is 0 Å². The molecule has 2 amide bonds. The molecule has 0 aromatic carbocycles. The van der Waals surface area contributed by atoms with E-state index in [0.29, 0.717) is 13.0 Å². The van der Waals surface area contributed by atoms with Crippen molar-refractivity contribution in [1.82, 2.24) is 9.80 Å². The van der Waals surface area contributed by atoms with Crippen LogP contribution < -0.4 is 0 Å². The Morgan fingerprint density at radius 2 is 2.12 bits per heavy atom. The maximum atomic E-state index is 12.1. The molecule has 0 unspecified atom stereocenters. The Morgan fingerprint density at radius 3 is 2.71 bits per heavy atom. The van der Waals surface area contributed by atoms with Gasteiger partial charge in [0.25, 0.3) is 0 Å². The first kappa shape index (κ1) is 12.7. The Bertz CT molecular complexity index is 328. The van der Waals surface area contributed by atoms with Crippen LogP contribution in [0.3, 0.4) is 0 Å². The zero-order valence-electron chi connectivity index (χ0n) is 10.3. The number of carbonyl (C=O) groups is 2. The van der Waals surface area contributed by atoms with Crippen molar-refractivity contribution in [3.63, 3.8) is 0 Å². The van der Waals surface area contributed by atoms with E-state index < -0.39 is 0 Å². The third kappa shape index (κ3) is 2.94. The van der Waals surface area contributed by atoms with Crippen LogP contribution in [0.2, 0.25) is 0 Å². The summed E-state index contributed by atoms with van der Waals surface area (Å²) in [6, 6.07) is 0. The monoisotopic (exact) mass is 256 g/mol. The predicted molar refractivity (Wildman–Crippen MR) is 69.0 cm³/mol. The summed E-state index contributed by atoms with van der Waals surface area (Å²) in [6.45, 7) is 1.70. The molecule has 1 aliphatic heterocycles. The van der Waals surface area contributed by atoms with Crippen LogP contribution in [0, 0.1) is 5.41 Å². The van der Waals surface area contributed by atoms with E-state index in [1.165, 1.54) is 0 Å². The summed E-state index contributed by atoms with van der Waals surface area (Å²) in [4.78, 5) is 27.3. The summed E-state index contributed by atoms with van der Waals surface area (Å²) < 4.78 is 0. The predicted octanol–water partition coefficient (Wildman–Crippen LogP) is 0.777. The molecule has 5 heteroatoms. The van der Waals surface area contributed by atoms with Gasteiger partial charge in [-0.25, -0.2) is 0 Å². The van der Waals surface area contributed by atoms with E-state index >= 15 is 0 Å². The van der Waals surface area contributed by atoms with Crippen LogP contribution in [0.25, 0.3) is 0 Å². The summed E-state index contributed by atoms with van der Waals surface area (Å²) >= 11 is 4.31. The first-order valence-electron chi connectivity index (χ1n) is 6.19. The molecule has 0 spiro atoms. The lowest BCUT2D eigenvalue weighted by atomic mass is 10.0. The topological polar surface area (TPSA) is 40.6 Å². The first-order valence-corrected chi connectivity index (χ1v) is 6.82. The minimum atomic E-state index is 0.0478. The van der Waals surface area contributed by atoms with Crippen LogP contribution in [-0.2, 0) is 9.59 Å². The Kier molecular flexibility index (Phi) is 3.66. The number of rotatable bonds is 3. The molecule has 1 saturated carbocycles. The molecule has 1 saturated heterocycles. The largest absolute Gasteiger partial charge is 0.344 e. The van der Waals surface area contributed by atoms with Crippen molar-refractivity contribution in [2.45, 2.75) is 25.7 Å². The van der Waals surface area contributed by atoms with Gasteiger partial charge < -0.3 is 9.80 Å². The Labute approximate surface area is 108 Å². The average Bonchev–Trinajstić information content (AvgIpc) is 3.08. The van der Waals surface area contributed by atoms with Crippen LogP contribution in [0.4, 0.5) is 0 Å². The van der Waals surface area contributed by atoms with Crippen LogP contribution >= 0.6 is 12.6 Å². The Morgan fingerprint density at radius 1 is 1.41 bits per heavy atom. The molecule has 0 N–H and O–H groups in total. The second-order valence-corrected chi connectivity index (χ2v) is 5.64. The van der Waals surface area contributed by atoms with E-state index in [1.807, 2.05) is 0 Å². The lowest BCUT2D eigenvalue weighted by molar-refractivity contribution is -0.138. The molecule has 2 aliphatic rings. The molecular weight excluding hydrogens is 236 g/mol. The summed E-state index contributed by atoms with van der Waals surface area (Å²) in [5.41, 5.74) is 0.140. The molecule has 17 heavy (non-hydrogen) atoms. The number of amides is 2. The molecular formula is C12H20N2O2S. The van der Waals surface area contributed by atoms with Crippen molar-refractivity contribution in [3.05, 3.63) is 0 Å². The van der Waals surface area contributed by atoms with Crippen molar-refractivity contribution in [2.24, 2.45) is 5.41 Å².